The highest BCUT2D eigenvalue weighted by molar-refractivity contribution is 8.18. The van der Waals surface area contributed by atoms with Gasteiger partial charge in [0.05, 0.1) is 28.7 Å². The number of amides is 3. The summed E-state index contributed by atoms with van der Waals surface area (Å²) in [5.74, 6) is -0.638. The molecule has 0 spiro atoms. The van der Waals surface area contributed by atoms with E-state index in [1.165, 1.54) is 18.2 Å². The van der Waals surface area contributed by atoms with E-state index in [4.69, 9.17) is 21.1 Å². The number of hydrogen-bond donors (Lipinski definition) is 1. The Labute approximate surface area is 219 Å². The quantitative estimate of drug-likeness (QED) is 0.314. The van der Waals surface area contributed by atoms with Gasteiger partial charge in [-0.05, 0) is 66.1 Å². The molecule has 0 unspecified atom stereocenters. The molecule has 36 heavy (non-hydrogen) atoms. The van der Waals surface area contributed by atoms with Crippen molar-refractivity contribution < 1.29 is 28.7 Å². The van der Waals surface area contributed by atoms with Crippen molar-refractivity contribution in [1.82, 2.24) is 4.90 Å². The zero-order valence-electron chi connectivity index (χ0n) is 20.2. The second kappa shape index (κ2) is 12.6. The number of carbonyl (C=O) groups excluding carboxylic acids is 4. The summed E-state index contributed by atoms with van der Waals surface area (Å²) in [6.07, 6.45) is 2.26. The molecule has 3 amide bonds. The number of ether oxygens (including phenoxy) is 2. The van der Waals surface area contributed by atoms with Crippen LogP contribution in [0, 0.1) is 5.92 Å². The highest BCUT2D eigenvalue weighted by Gasteiger charge is 2.36. The van der Waals surface area contributed by atoms with E-state index in [0.717, 1.165) is 28.0 Å². The average molecular weight is 531 g/mol. The van der Waals surface area contributed by atoms with Crippen LogP contribution in [-0.4, -0.2) is 47.7 Å². The Balaban J connectivity index is 1.63. The van der Waals surface area contributed by atoms with Gasteiger partial charge in [0.1, 0.15) is 12.3 Å². The summed E-state index contributed by atoms with van der Waals surface area (Å²) >= 11 is 6.84. The number of esters is 1. The smallest absolute Gasteiger partial charge is 0.339 e. The lowest BCUT2D eigenvalue weighted by atomic mass is 10.2. The van der Waals surface area contributed by atoms with Gasteiger partial charge in [-0.25, -0.2) is 4.79 Å². The van der Waals surface area contributed by atoms with E-state index in [1.807, 2.05) is 6.92 Å². The number of carbonyl (C=O) groups is 4. The number of nitrogens with one attached hydrogen (secondary N) is 1. The number of thioether (sulfide) groups is 1. The molecule has 8 nitrogen and oxygen atoms in total. The van der Waals surface area contributed by atoms with Crippen LogP contribution in [0.15, 0.2) is 47.4 Å². The summed E-state index contributed by atoms with van der Waals surface area (Å²) in [6.45, 7) is 6.35. The van der Waals surface area contributed by atoms with Crippen molar-refractivity contribution in [3.05, 3.63) is 63.5 Å². The van der Waals surface area contributed by atoms with E-state index in [1.54, 1.807) is 30.3 Å². The molecule has 3 rings (SSSR count). The minimum Gasteiger partial charge on any atom is -0.493 e. The third-order valence-corrected chi connectivity index (χ3v) is 6.08. The number of hydrogen-bond acceptors (Lipinski definition) is 7. The fraction of sp³-hybridized carbons (Fsp3) is 0.308. The monoisotopic (exact) mass is 530 g/mol. The Bertz CT molecular complexity index is 1180. The van der Waals surface area contributed by atoms with Crippen LogP contribution in [-0.2, 0) is 14.3 Å². The molecule has 2 aromatic carbocycles. The predicted octanol–water partition coefficient (Wildman–Crippen LogP) is 5.62. The van der Waals surface area contributed by atoms with E-state index in [2.05, 4.69) is 19.2 Å². The molecule has 1 saturated heterocycles. The second-order valence-corrected chi connectivity index (χ2v) is 9.82. The third kappa shape index (κ3) is 7.35. The Morgan fingerprint density at radius 2 is 1.86 bits per heavy atom. The third-order valence-electron chi connectivity index (χ3n) is 4.84. The number of imide groups is 1. The van der Waals surface area contributed by atoms with Crippen molar-refractivity contribution in [2.75, 3.05) is 25.1 Å². The van der Waals surface area contributed by atoms with Crippen molar-refractivity contribution >= 4 is 58.1 Å². The zero-order valence-corrected chi connectivity index (χ0v) is 21.8. The summed E-state index contributed by atoms with van der Waals surface area (Å²) in [4.78, 5) is 51.0. The van der Waals surface area contributed by atoms with Crippen LogP contribution in [0.2, 0.25) is 5.02 Å². The van der Waals surface area contributed by atoms with Gasteiger partial charge >= 0.3 is 5.97 Å². The Morgan fingerprint density at radius 1 is 1.14 bits per heavy atom. The van der Waals surface area contributed by atoms with Crippen LogP contribution in [0.3, 0.4) is 0 Å². The molecule has 0 aliphatic carbocycles. The minimum absolute atomic E-state index is 0.109. The summed E-state index contributed by atoms with van der Waals surface area (Å²) < 4.78 is 10.7. The molecule has 1 heterocycles. The normalized spacial score (nSPS) is 14.5. The SMILES string of the molecule is CCCOC(=O)c1cc(NC(=O)CN2C(=O)S/C(=C\c3ccc(OCC(C)C)cc3)C2=O)ccc1Cl. The van der Waals surface area contributed by atoms with E-state index in [0.29, 0.717) is 18.9 Å². The fourth-order valence-electron chi connectivity index (χ4n) is 3.09. The fourth-order valence-corrected chi connectivity index (χ4v) is 4.12. The van der Waals surface area contributed by atoms with Crippen LogP contribution < -0.4 is 10.1 Å². The van der Waals surface area contributed by atoms with E-state index < -0.39 is 29.6 Å². The standard InChI is InChI=1S/C26H27ClN2O6S/c1-4-11-34-25(32)20-13-18(7-10-21(20)27)28-23(30)14-29-24(31)22(36-26(29)33)12-17-5-8-19(9-6-17)35-15-16(2)3/h5-10,12-13,16H,4,11,14-15H2,1-3H3,(H,28,30)/b22-12-. The highest BCUT2D eigenvalue weighted by atomic mass is 35.5. The van der Waals surface area contributed by atoms with Crippen molar-refractivity contribution in [3.8, 4) is 5.75 Å². The molecular weight excluding hydrogens is 504 g/mol. The Kier molecular flexibility index (Phi) is 9.55. The molecule has 2 aromatic rings. The molecule has 1 aliphatic rings. The van der Waals surface area contributed by atoms with Gasteiger partial charge in [-0.1, -0.05) is 44.5 Å². The van der Waals surface area contributed by atoms with Crippen molar-refractivity contribution in [2.24, 2.45) is 5.92 Å². The van der Waals surface area contributed by atoms with Gasteiger partial charge < -0.3 is 14.8 Å². The van der Waals surface area contributed by atoms with Gasteiger partial charge in [-0.15, -0.1) is 0 Å². The number of anilines is 1. The first-order chi connectivity index (χ1) is 17.2. The largest absolute Gasteiger partial charge is 0.493 e. The summed E-state index contributed by atoms with van der Waals surface area (Å²) in [5.41, 5.74) is 1.12. The molecule has 0 bridgehead atoms. The van der Waals surface area contributed by atoms with E-state index >= 15 is 0 Å². The Morgan fingerprint density at radius 3 is 2.53 bits per heavy atom. The van der Waals surface area contributed by atoms with E-state index in [9.17, 15) is 19.2 Å². The summed E-state index contributed by atoms with van der Waals surface area (Å²) in [5, 5.41) is 2.23. The van der Waals surface area contributed by atoms with Gasteiger partial charge in [0.25, 0.3) is 11.1 Å². The molecule has 190 valence electrons. The first-order valence-electron chi connectivity index (χ1n) is 11.4. The van der Waals surface area contributed by atoms with Gasteiger partial charge in [-0.2, -0.15) is 0 Å². The van der Waals surface area contributed by atoms with Crippen LogP contribution in [0.25, 0.3) is 6.08 Å². The van der Waals surface area contributed by atoms with Crippen LogP contribution in [0.4, 0.5) is 10.5 Å². The molecule has 1 N–H and O–H groups in total. The maximum absolute atomic E-state index is 12.8. The van der Waals surface area contributed by atoms with Gasteiger partial charge in [0, 0.05) is 5.69 Å². The molecular formula is C26H27ClN2O6S. The predicted molar refractivity (Wildman–Crippen MR) is 140 cm³/mol. The van der Waals surface area contributed by atoms with Crippen molar-refractivity contribution in [2.45, 2.75) is 27.2 Å². The van der Waals surface area contributed by atoms with E-state index in [-0.39, 0.29) is 27.8 Å². The van der Waals surface area contributed by atoms with Crippen LogP contribution >= 0.6 is 23.4 Å². The first kappa shape index (κ1) is 27.3. The van der Waals surface area contributed by atoms with Gasteiger partial charge in [0.2, 0.25) is 5.91 Å². The molecule has 1 fully saturated rings. The zero-order chi connectivity index (χ0) is 26.2. The number of halogens is 1. The van der Waals surface area contributed by atoms with Crippen LogP contribution in [0.1, 0.15) is 43.1 Å². The number of nitrogens with zero attached hydrogens (tertiary/aromatic N) is 1. The maximum atomic E-state index is 12.8. The second-order valence-electron chi connectivity index (χ2n) is 8.42. The number of rotatable bonds is 10. The maximum Gasteiger partial charge on any atom is 0.339 e. The number of benzene rings is 2. The summed E-state index contributed by atoms with van der Waals surface area (Å²) in [6, 6.07) is 11.5. The van der Waals surface area contributed by atoms with Gasteiger partial charge in [-0.3, -0.25) is 19.3 Å². The van der Waals surface area contributed by atoms with Crippen molar-refractivity contribution in [1.29, 1.82) is 0 Å². The average Bonchev–Trinajstić information content (AvgIpc) is 3.10. The first-order valence-corrected chi connectivity index (χ1v) is 12.6. The van der Waals surface area contributed by atoms with Crippen LogP contribution in [0.5, 0.6) is 5.75 Å². The molecule has 0 radical (unpaired) electrons. The van der Waals surface area contributed by atoms with Gasteiger partial charge in [0.15, 0.2) is 0 Å². The lowest BCUT2D eigenvalue weighted by Crippen LogP contribution is -2.36. The molecule has 0 saturated carbocycles. The Hall–Kier alpha value is -3.30. The topological polar surface area (TPSA) is 102 Å². The van der Waals surface area contributed by atoms with Crippen molar-refractivity contribution in [3.63, 3.8) is 0 Å². The lowest BCUT2D eigenvalue weighted by molar-refractivity contribution is -0.127. The molecule has 10 heteroatoms. The highest BCUT2D eigenvalue weighted by Crippen LogP contribution is 2.32. The summed E-state index contributed by atoms with van der Waals surface area (Å²) in [7, 11) is 0. The minimum atomic E-state index is -0.603. The molecule has 0 atom stereocenters. The lowest BCUT2D eigenvalue weighted by Gasteiger charge is -2.13. The molecule has 1 aliphatic heterocycles. The molecule has 0 aromatic heterocycles.